The number of esters is 1. The molecule has 0 fully saturated rings. The fourth-order valence-corrected chi connectivity index (χ4v) is 4.55. The number of phenolic OH excluding ortho intramolecular Hbond substituents is 2. The molecule has 17 nitrogen and oxygen atoms in total. The van der Waals surface area contributed by atoms with Gasteiger partial charge in [-0.15, -0.1) is 0 Å². The highest BCUT2D eigenvalue weighted by molar-refractivity contribution is 5.96. The number of carboxylic acid groups (broad SMARTS) is 1. The standard InChI is InChI=1S/C23H31N5O6.C14H15N3O3/c1-23(2,3)34-22(32)27-14-18(20(31)33-4)28-19(30)16-12-25-21(26-13-16)24-10-6-8-15-7-5-9-17(29)11-15;18-12-5-1-3-10(7-12)4-2-6-15-14-16-8-11(9-17-14)13(19)20/h5,7,9,11-13,18,29H,6,8,10,14H2,1-4H3,(H,27,32)(H,28,30)(H,24,25,26);1,3,5,7-9,18H,2,4,6H2,(H,19,20)(H,15,16,17)/t18-;/m0./s1. The van der Waals surface area contributed by atoms with Gasteiger partial charge in [0.2, 0.25) is 11.9 Å². The number of carbonyl (C=O) groups is 4. The molecule has 0 bridgehead atoms. The first-order valence-corrected chi connectivity index (χ1v) is 17.0. The number of phenols is 2. The molecule has 0 aliphatic rings. The van der Waals surface area contributed by atoms with Crippen molar-refractivity contribution in [1.29, 1.82) is 0 Å². The maximum atomic E-state index is 12.5. The number of ether oxygens (including phenoxy) is 2. The summed E-state index contributed by atoms with van der Waals surface area (Å²) in [7, 11) is 1.18. The average molecular weight is 747 g/mol. The summed E-state index contributed by atoms with van der Waals surface area (Å²) < 4.78 is 9.82. The zero-order chi connectivity index (χ0) is 39.5. The quantitative estimate of drug-likeness (QED) is 0.0634. The second-order valence-electron chi connectivity index (χ2n) is 12.7. The van der Waals surface area contributed by atoms with Crippen LogP contribution < -0.4 is 21.3 Å². The number of nitrogens with zero attached hydrogens (tertiary/aromatic N) is 4. The van der Waals surface area contributed by atoms with Gasteiger partial charge in [-0.3, -0.25) is 4.79 Å². The largest absolute Gasteiger partial charge is 0.508 e. The van der Waals surface area contributed by atoms with Crippen LogP contribution in [-0.2, 0) is 27.1 Å². The number of aromatic carboxylic acids is 1. The summed E-state index contributed by atoms with van der Waals surface area (Å²) in [5.74, 6) is -1.11. The van der Waals surface area contributed by atoms with E-state index in [1.165, 1.54) is 31.9 Å². The number of methoxy groups -OCH3 is 1. The molecule has 1 atom stereocenters. The Balaban J connectivity index is 0.000000331. The Morgan fingerprint density at radius 3 is 1.67 bits per heavy atom. The highest BCUT2D eigenvalue weighted by Crippen LogP contribution is 2.14. The van der Waals surface area contributed by atoms with Crippen molar-refractivity contribution in [3.05, 3.63) is 95.6 Å². The van der Waals surface area contributed by atoms with Gasteiger partial charge in [0.25, 0.3) is 5.91 Å². The van der Waals surface area contributed by atoms with E-state index in [1.807, 2.05) is 18.2 Å². The third-order valence-corrected chi connectivity index (χ3v) is 7.13. The molecule has 7 N–H and O–H groups in total. The number of alkyl carbamates (subject to hydrolysis) is 1. The third-order valence-electron chi connectivity index (χ3n) is 7.13. The molecule has 0 radical (unpaired) electrons. The Hall–Kier alpha value is -6.52. The van der Waals surface area contributed by atoms with Crippen molar-refractivity contribution in [1.82, 2.24) is 30.6 Å². The molecule has 0 unspecified atom stereocenters. The molecule has 0 aliphatic heterocycles. The molecule has 2 aromatic carbocycles. The number of benzene rings is 2. The van der Waals surface area contributed by atoms with Gasteiger partial charge in [-0.2, -0.15) is 0 Å². The van der Waals surface area contributed by atoms with Crippen molar-refractivity contribution < 1.29 is 44.0 Å². The predicted octanol–water partition coefficient (Wildman–Crippen LogP) is 3.95. The molecule has 0 saturated heterocycles. The maximum Gasteiger partial charge on any atom is 0.407 e. The summed E-state index contributed by atoms with van der Waals surface area (Å²) in [5.41, 5.74) is 1.59. The number of carboxylic acids is 1. The fraction of sp³-hybridized carbons (Fsp3) is 0.351. The minimum absolute atomic E-state index is 0.0651. The number of aryl methyl sites for hydroxylation is 2. The fourth-order valence-electron chi connectivity index (χ4n) is 4.55. The van der Waals surface area contributed by atoms with Crippen LogP contribution in [0.25, 0.3) is 0 Å². The molecule has 4 rings (SSSR count). The molecular weight excluding hydrogens is 700 g/mol. The SMILES string of the molecule is COC(=O)[C@H](CNC(=O)OC(C)(C)C)NC(=O)c1cnc(NCCCc2cccc(O)c2)nc1.O=C(O)c1cnc(NCCCc2cccc(O)c2)nc1. The minimum atomic E-state index is -1.12. The summed E-state index contributed by atoms with van der Waals surface area (Å²) in [6.45, 7) is 6.18. The van der Waals surface area contributed by atoms with Gasteiger partial charge in [-0.05, 0) is 81.8 Å². The van der Waals surface area contributed by atoms with Gasteiger partial charge in [0, 0.05) is 37.9 Å². The summed E-state index contributed by atoms with van der Waals surface area (Å²) in [6.07, 6.45) is 7.72. The average Bonchev–Trinajstić information content (AvgIpc) is 3.13. The highest BCUT2D eigenvalue weighted by Gasteiger charge is 2.25. The van der Waals surface area contributed by atoms with Gasteiger partial charge < -0.3 is 46.1 Å². The van der Waals surface area contributed by atoms with Crippen LogP contribution >= 0.6 is 0 Å². The van der Waals surface area contributed by atoms with Gasteiger partial charge >= 0.3 is 18.0 Å². The Kier molecular flexibility index (Phi) is 16.4. The van der Waals surface area contributed by atoms with Gasteiger partial charge in [-0.25, -0.2) is 34.3 Å². The topological polar surface area (TPSA) is 247 Å². The van der Waals surface area contributed by atoms with Gasteiger partial charge in [0.1, 0.15) is 23.1 Å². The van der Waals surface area contributed by atoms with E-state index in [9.17, 15) is 29.4 Å². The van der Waals surface area contributed by atoms with E-state index in [4.69, 9.17) is 14.6 Å². The summed E-state index contributed by atoms with van der Waals surface area (Å²) >= 11 is 0. The van der Waals surface area contributed by atoms with E-state index in [2.05, 4.69) is 41.2 Å². The van der Waals surface area contributed by atoms with Crippen molar-refractivity contribution in [2.45, 2.75) is 58.1 Å². The molecule has 2 amide bonds. The van der Waals surface area contributed by atoms with E-state index < -0.39 is 35.6 Å². The van der Waals surface area contributed by atoms with E-state index >= 15 is 0 Å². The molecule has 17 heteroatoms. The second-order valence-corrected chi connectivity index (χ2v) is 12.7. The summed E-state index contributed by atoms with van der Waals surface area (Å²) in [4.78, 5) is 63.1. The molecule has 2 aromatic heterocycles. The van der Waals surface area contributed by atoms with Gasteiger partial charge in [0.05, 0.1) is 24.8 Å². The Morgan fingerprint density at radius 2 is 1.24 bits per heavy atom. The number of carbonyl (C=O) groups excluding carboxylic acids is 3. The third kappa shape index (κ3) is 15.8. The number of rotatable bonds is 16. The monoisotopic (exact) mass is 746 g/mol. The molecule has 2 heterocycles. The van der Waals surface area contributed by atoms with E-state index in [0.29, 0.717) is 25.0 Å². The first-order chi connectivity index (χ1) is 25.7. The summed E-state index contributed by atoms with van der Waals surface area (Å²) in [6, 6.07) is 13.1. The number of hydrogen-bond acceptors (Lipinski definition) is 14. The second kappa shape index (κ2) is 21.1. The van der Waals surface area contributed by atoms with E-state index in [1.54, 1.807) is 51.1 Å². The summed E-state index contributed by atoms with van der Waals surface area (Å²) in [5, 5.41) is 38.6. The number of anilines is 2. The molecule has 54 heavy (non-hydrogen) atoms. The molecule has 4 aromatic rings. The first kappa shape index (κ1) is 41.9. The number of nitrogens with one attached hydrogen (secondary N) is 4. The smallest absolute Gasteiger partial charge is 0.407 e. The lowest BCUT2D eigenvalue weighted by Gasteiger charge is -2.21. The zero-order valence-electron chi connectivity index (χ0n) is 30.5. The van der Waals surface area contributed by atoms with Crippen LogP contribution in [0.4, 0.5) is 16.7 Å². The minimum Gasteiger partial charge on any atom is -0.508 e. The van der Waals surface area contributed by atoms with Crippen molar-refractivity contribution in [2.24, 2.45) is 0 Å². The van der Waals surface area contributed by atoms with Gasteiger partial charge in [0.15, 0.2) is 0 Å². The lowest BCUT2D eigenvalue weighted by atomic mass is 10.1. The Bertz CT molecular complexity index is 1820. The van der Waals surface area contributed by atoms with E-state index in [0.717, 1.165) is 36.8 Å². The molecule has 288 valence electrons. The molecule has 0 saturated carbocycles. The van der Waals surface area contributed by atoms with Crippen molar-refractivity contribution >= 4 is 35.8 Å². The lowest BCUT2D eigenvalue weighted by Crippen LogP contribution is -2.49. The van der Waals surface area contributed by atoms with E-state index in [-0.39, 0.29) is 29.2 Å². The predicted molar refractivity (Wildman–Crippen MR) is 198 cm³/mol. The van der Waals surface area contributed by atoms with Crippen molar-refractivity contribution in [3.8, 4) is 11.5 Å². The Labute approximate surface area is 312 Å². The van der Waals surface area contributed by atoms with Crippen LogP contribution in [0.5, 0.6) is 11.5 Å². The Morgan fingerprint density at radius 1 is 0.759 bits per heavy atom. The van der Waals surface area contributed by atoms with Crippen molar-refractivity contribution in [2.75, 3.05) is 37.4 Å². The number of aromatic nitrogens is 4. The van der Waals surface area contributed by atoms with Crippen LogP contribution in [0, 0.1) is 0 Å². The van der Waals surface area contributed by atoms with Crippen molar-refractivity contribution in [3.63, 3.8) is 0 Å². The zero-order valence-corrected chi connectivity index (χ0v) is 30.5. The van der Waals surface area contributed by atoms with Crippen LogP contribution in [-0.4, -0.2) is 97.6 Å². The highest BCUT2D eigenvalue weighted by atomic mass is 16.6. The maximum absolute atomic E-state index is 12.5. The van der Waals surface area contributed by atoms with Gasteiger partial charge in [-0.1, -0.05) is 24.3 Å². The lowest BCUT2D eigenvalue weighted by molar-refractivity contribution is -0.142. The number of amides is 2. The van der Waals surface area contributed by atoms with Crippen LogP contribution in [0.15, 0.2) is 73.3 Å². The normalized spacial score (nSPS) is 11.2. The van der Waals surface area contributed by atoms with Crippen LogP contribution in [0.2, 0.25) is 0 Å². The molecule has 0 spiro atoms. The number of hydrogen-bond donors (Lipinski definition) is 7. The molecule has 0 aliphatic carbocycles. The van der Waals surface area contributed by atoms with Crippen LogP contribution in [0.3, 0.4) is 0 Å². The van der Waals surface area contributed by atoms with Crippen LogP contribution in [0.1, 0.15) is 65.5 Å². The first-order valence-electron chi connectivity index (χ1n) is 17.0. The molecular formula is C37H46N8O9. The number of aromatic hydroxyl groups is 2.